The molecule has 5 nitrogen and oxygen atoms in total. The van der Waals surface area contributed by atoms with Crippen LogP contribution >= 0.6 is 0 Å². The molecule has 4 aromatic rings. The highest BCUT2D eigenvalue weighted by atomic mass is 32.2. The van der Waals surface area contributed by atoms with E-state index in [0.717, 1.165) is 16.7 Å². The van der Waals surface area contributed by atoms with Crippen molar-refractivity contribution in [3.05, 3.63) is 132 Å². The Labute approximate surface area is 200 Å². The van der Waals surface area contributed by atoms with Crippen LogP contribution in [-0.2, 0) is 15.4 Å². The Morgan fingerprint density at radius 1 is 0.706 bits per heavy atom. The number of nitrogens with zero attached hydrogens (tertiary/aromatic N) is 2. The van der Waals surface area contributed by atoms with E-state index in [1.54, 1.807) is 18.2 Å². The van der Waals surface area contributed by atoms with Crippen molar-refractivity contribution in [2.24, 2.45) is 9.98 Å². The van der Waals surface area contributed by atoms with Gasteiger partial charge in [0.25, 0.3) is 0 Å². The first-order valence-electron chi connectivity index (χ1n) is 10.7. The Morgan fingerprint density at radius 2 is 1.15 bits per heavy atom. The zero-order valence-corrected chi connectivity index (χ0v) is 19.5. The number of hydrogen-bond donors (Lipinski definition) is 0. The van der Waals surface area contributed by atoms with Crippen molar-refractivity contribution in [3.63, 3.8) is 0 Å². The maximum absolute atomic E-state index is 12.9. The Bertz CT molecular complexity index is 1300. The van der Waals surface area contributed by atoms with Crippen molar-refractivity contribution >= 4 is 15.8 Å². The molecule has 0 atom stereocenters. The SMILES string of the molecule is COc1ccccc1S(=O)(=O)CN=C=NC(c1ccccc1)(c1ccccc1)c1ccccc1. The van der Waals surface area contributed by atoms with Gasteiger partial charge in [0.1, 0.15) is 16.2 Å². The zero-order chi connectivity index (χ0) is 23.9. The highest BCUT2D eigenvalue weighted by Gasteiger charge is 2.36. The first-order valence-corrected chi connectivity index (χ1v) is 12.4. The molecule has 0 amide bonds. The molecule has 0 bridgehead atoms. The lowest BCUT2D eigenvalue weighted by Gasteiger charge is -2.30. The largest absolute Gasteiger partial charge is 0.495 e. The molecule has 0 saturated heterocycles. The van der Waals surface area contributed by atoms with Gasteiger partial charge in [-0.1, -0.05) is 103 Å². The number of benzene rings is 4. The van der Waals surface area contributed by atoms with E-state index in [-0.39, 0.29) is 10.6 Å². The average Bonchev–Trinajstić information content (AvgIpc) is 2.90. The summed E-state index contributed by atoms with van der Waals surface area (Å²) >= 11 is 0. The van der Waals surface area contributed by atoms with E-state index in [9.17, 15) is 8.42 Å². The molecule has 0 unspecified atom stereocenters. The van der Waals surface area contributed by atoms with E-state index < -0.39 is 21.3 Å². The van der Waals surface area contributed by atoms with Gasteiger partial charge in [-0.25, -0.2) is 18.4 Å². The molecule has 0 saturated carbocycles. The highest BCUT2D eigenvalue weighted by molar-refractivity contribution is 7.91. The summed E-state index contributed by atoms with van der Waals surface area (Å²) in [5.41, 5.74) is 1.81. The maximum Gasteiger partial charge on any atom is 0.202 e. The van der Waals surface area contributed by atoms with Crippen LogP contribution < -0.4 is 4.74 Å². The van der Waals surface area contributed by atoms with Crippen molar-refractivity contribution in [1.29, 1.82) is 0 Å². The van der Waals surface area contributed by atoms with Crippen LogP contribution in [0.5, 0.6) is 5.75 Å². The summed E-state index contributed by atoms with van der Waals surface area (Å²) in [4.78, 5) is 8.98. The van der Waals surface area contributed by atoms with Crippen LogP contribution in [-0.4, -0.2) is 27.4 Å². The molecule has 0 radical (unpaired) electrons. The minimum atomic E-state index is -3.73. The summed E-state index contributed by atoms with van der Waals surface area (Å²) in [6.07, 6.45) is 0. The van der Waals surface area contributed by atoms with E-state index in [2.05, 4.69) is 11.0 Å². The van der Waals surface area contributed by atoms with Crippen LogP contribution in [0.2, 0.25) is 0 Å². The van der Waals surface area contributed by atoms with Crippen molar-refractivity contribution in [3.8, 4) is 5.75 Å². The van der Waals surface area contributed by atoms with Gasteiger partial charge in [0, 0.05) is 0 Å². The molecule has 0 N–H and O–H groups in total. The molecule has 0 aliphatic carbocycles. The molecule has 6 heteroatoms. The van der Waals surface area contributed by atoms with Gasteiger partial charge in [-0.3, -0.25) is 0 Å². The fourth-order valence-electron chi connectivity index (χ4n) is 3.90. The standard InChI is InChI=1S/C28H24N2O3S/c1-33-26-19-11-12-20-27(26)34(31,32)22-29-21-30-28(23-13-5-2-6-14-23,24-15-7-3-8-16-24)25-17-9-4-10-18-25/h2-20H,22H2,1H3. The average molecular weight is 469 g/mol. The number of aliphatic imine (C=N–C) groups is 2. The van der Waals surface area contributed by atoms with Crippen LogP contribution in [0.1, 0.15) is 16.7 Å². The van der Waals surface area contributed by atoms with Crippen LogP contribution in [0.4, 0.5) is 0 Å². The molecule has 4 aromatic carbocycles. The number of hydrogen-bond acceptors (Lipinski definition) is 5. The predicted molar refractivity (Wildman–Crippen MR) is 134 cm³/mol. The molecule has 34 heavy (non-hydrogen) atoms. The van der Waals surface area contributed by atoms with Gasteiger partial charge in [-0.05, 0) is 28.8 Å². The smallest absolute Gasteiger partial charge is 0.202 e. The lowest BCUT2D eigenvalue weighted by Crippen LogP contribution is -2.27. The molecule has 170 valence electrons. The minimum absolute atomic E-state index is 0.0866. The minimum Gasteiger partial charge on any atom is -0.495 e. The van der Waals surface area contributed by atoms with E-state index in [0.29, 0.717) is 0 Å². The second-order valence-electron chi connectivity index (χ2n) is 7.57. The molecule has 4 rings (SSSR count). The van der Waals surface area contributed by atoms with Crippen LogP contribution in [0.15, 0.2) is 130 Å². The van der Waals surface area contributed by atoms with Crippen LogP contribution in [0, 0.1) is 0 Å². The number of methoxy groups -OCH3 is 1. The van der Waals surface area contributed by atoms with E-state index in [4.69, 9.17) is 9.73 Å². The Kier molecular flexibility index (Phi) is 7.02. The monoisotopic (exact) mass is 468 g/mol. The normalized spacial score (nSPS) is 11.3. The van der Waals surface area contributed by atoms with Crippen molar-refractivity contribution in [2.45, 2.75) is 10.4 Å². The third-order valence-electron chi connectivity index (χ3n) is 5.50. The van der Waals surface area contributed by atoms with E-state index in [1.807, 2.05) is 91.0 Å². The summed E-state index contributed by atoms with van der Waals surface area (Å²) in [7, 11) is -2.29. The van der Waals surface area contributed by atoms with E-state index in [1.165, 1.54) is 13.2 Å². The number of ether oxygens (including phenoxy) is 1. The zero-order valence-electron chi connectivity index (χ0n) is 18.7. The molecular formula is C28H24N2O3S. The second kappa shape index (κ2) is 10.3. The van der Waals surface area contributed by atoms with Gasteiger partial charge in [0.05, 0.1) is 13.1 Å². The van der Waals surface area contributed by atoms with Crippen LogP contribution in [0.25, 0.3) is 0 Å². The van der Waals surface area contributed by atoms with Gasteiger partial charge in [0.15, 0.2) is 5.88 Å². The Hall–Kier alpha value is -3.99. The van der Waals surface area contributed by atoms with Crippen molar-refractivity contribution < 1.29 is 13.2 Å². The molecule has 0 aromatic heterocycles. The number of sulfone groups is 1. The van der Waals surface area contributed by atoms with Gasteiger partial charge in [-0.2, -0.15) is 0 Å². The van der Waals surface area contributed by atoms with Gasteiger partial charge in [-0.15, -0.1) is 0 Å². The van der Waals surface area contributed by atoms with Gasteiger partial charge < -0.3 is 4.74 Å². The fraction of sp³-hybridized carbons (Fsp3) is 0.107. The molecule has 0 heterocycles. The quantitative estimate of drug-likeness (QED) is 0.250. The summed E-state index contributed by atoms with van der Waals surface area (Å²) in [5.74, 6) is -0.215. The summed E-state index contributed by atoms with van der Waals surface area (Å²) in [6, 6.07) is 38.7. The van der Waals surface area contributed by atoms with Crippen molar-refractivity contribution in [2.75, 3.05) is 13.0 Å². The summed E-state index contributed by atoms with van der Waals surface area (Å²) in [5, 5.41) is 0. The molecular weight excluding hydrogens is 444 g/mol. The van der Waals surface area contributed by atoms with Crippen LogP contribution in [0.3, 0.4) is 0 Å². The Balaban J connectivity index is 1.83. The van der Waals surface area contributed by atoms with E-state index >= 15 is 0 Å². The summed E-state index contributed by atoms with van der Waals surface area (Å²) in [6.45, 7) is 0. The second-order valence-corrected chi connectivity index (χ2v) is 9.50. The topological polar surface area (TPSA) is 68.1 Å². The Morgan fingerprint density at radius 3 is 1.62 bits per heavy atom. The lowest BCUT2D eigenvalue weighted by atomic mass is 9.77. The molecule has 0 aliphatic rings. The first kappa shape index (κ1) is 23.2. The summed E-state index contributed by atoms with van der Waals surface area (Å²) < 4.78 is 31.0. The first-order chi connectivity index (χ1) is 16.6. The predicted octanol–water partition coefficient (Wildman–Crippen LogP) is 5.59. The third kappa shape index (κ3) is 4.69. The highest BCUT2D eigenvalue weighted by Crippen LogP contribution is 2.40. The lowest BCUT2D eigenvalue weighted by molar-refractivity contribution is 0.403. The third-order valence-corrected chi connectivity index (χ3v) is 6.98. The van der Waals surface area contributed by atoms with Gasteiger partial charge >= 0.3 is 0 Å². The molecule has 0 spiro atoms. The van der Waals surface area contributed by atoms with Gasteiger partial charge in [0.2, 0.25) is 9.84 Å². The number of para-hydroxylation sites is 1. The fourth-order valence-corrected chi connectivity index (χ4v) is 5.01. The van der Waals surface area contributed by atoms with Crippen molar-refractivity contribution in [1.82, 2.24) is 0 Å². The maximum atomic E-state index is 12.9. The molecule has 0 aliphatic heterocycles. The number of rotatable bonds is 8. The molecule has 0 fully saturated rings.